The van der Waals surface area contributed by atoms with E-state index in [4.69, 9.17) is 0 Å². The molecular weight excluding hydrogens is 264 g/mol. The lowest BCUT2D eigenvalue weighted by molar-refractivity contribution is 0.572. The molecule has 0 spiro atoms. The SMILES string of the molecule is CCN(CC)c1c(F)cc(CBr)cc1F. The number of rotatable bonds is 4. The quantitative estimate of drug-likeness (QED) is 0.759. The molecule has 4 heteroatoms. The van der Waals surface area contributed by atoms with Crippen LogP contribution in [-0.4, -0.2) is 13.1 Å². The number of nitrogens with zero attached hydrogens (tertiary/aromatic N) is 1. The van der Waals surface area contributed by atoms with E-state index in [0.717, 1.165) is 0 Å². The summed E-state index contributed by atoms with van der Waals surface area (Å²) < 4.78 is 27.2. The maximum absolute atomic E-state index is 13.6. The van der Waals surface area contributed by atoms with Crippen LogP contribution in [0.5, 0.6) is 0 Å². The molecule has 1 aromatic rings. The Bertz CT molecular complexity index is 314. The molecule has 0 atom stereocenters. The topological polar surface area (TPSA) is 3.24 Å². The molecular formula is C11H14BrF2N. The molecule has 0 heterocycles. The molecule has 1 nitrogen and oxygen atoms in total. The van der Waals surface area contributed by atoms with Crippen LogP contribution < -0.4 is 4.90 Å². The van der Waals surface area contributed by atoms with Crippen LogP contribution in [0.15, 0.2) is 12.1 Å². The maximum Gasteiger partial charge on any atom is 0.149 e. The highest BCUT2D eigenvalue weighted by molar-refractivity contribution is 9.08. The van der Waals surface area contributed by atoms with Gasteiger partial charge in [0.15, 0.2) is 0 Å². The van der Waals surface area contributed by atoms with Crippen LogP contribution in [0.25, 0.3) is 0 Å². The summed E-state index contributed by atoms with van der Waals surface area (Å²) in [7, 11) is 0. The van der Waals surface area contributed by atoms with Gasteiger partial charge in [0, 0.05) is 18.4 Å². The van der Waals surface area contributed by atoms with Crippen molar-refractivity contribution in [2.24, 2.45) is 0 Å². The van der Waals surface area contributed by atoms with E-state index in [9.17, 15) is 8.78 Å². The van der Waals surface area contributed by atoms with Crippen LogP contribution in [0.3, 0.4) is 0 Å². The second-order valence-corrected chi connectivity index (χ2v) is 3.77. The second kappa shape index (κ2) is 5.45. The molecule has 0 fully saturated rings. The van der Waals surface area contributed by atoms with Crippen molar-refractivity contribution in [1.82, 2.24) is 0 Å². The van der Waals surface area contributed by atoms with Crippen molar-refractivity contribution in [1.29, 1.82) is 0 Å². The minimum Gasteiger partial charge on any atom is -0.367 e. The largest absolute Gasteiger partial charge is 0.367 e. The van der Waals surface area contributed by atoms with Crippen LogP contribution in [0.4, 0.5) is 14.5 Å². The number of hydrogen-bond acceptors (Lipinski definition) is 1. The Balaban J connectivity index is 3.18. The van der Waals surface area contributed by atoms with E-state index in [0.29, 0.717) is 24.0 Å². The minimum absolute atomic E-state index is 0.0738. The summed E-state index contributed by atoms with van der Waals surface area (Å²) in [6.45, 7) is 4.94. The van der Waals surface area contributed by atoms with Gasteiger partial charge < -0.3 is 4.90 Å². The van der Waals surface area contributed by atoms with E-state index in [1.807, 2.05) is 13.8 Å². The van der Waals surface area contributed by atoms with E-state index in [1.165, 1.54) is 12.1 Å². The highest BCUT2D eigenvalue weighted by Crippen LogP contribution is 2.25. The Morgan fingerprint density at radius 3 is 1.93 bits per heavy atom. The summed E-state index contributed by atoms with van der Waals surface area (Å²) >= 11 is 3.17. The molecule has 0 aliphatic carbocycles. The number of benzene rings is 1. The van der Waals surface area contributed by atoms with Crippen LogP contribution in [-0.2, 0) is 5.33 Å². The lowest BCUT2D eigenvalue weighted by Gasteiger charge is -2.22. The molecule has 0 N–H and O–H groups in total. The lowest BCUT2D eigenvalue weighted by atomic mass is 10.2. The molecule has 0 aliphatic rings. The molecule has 84 valence electrons. The number of hydrogen-bond donors (Lipinski definition) is 0. The maximum atomic E-state index is 13.6. The predicted molar refractivity (Wildman–Crippen MR) is 62.6 cm³/mol. The Morgan fingerprint density at radius 2 is 1.60 bits per heavy atom. The minimum atomic E-state index is -0.492. The third-order valence-electron chi connectivity index (χ3n) is 2.31. The van der Waals surface area contributed by atoms with Crippen molar-refractivity contribution in [3.8, 4) is 0 Å². The summed E-state index contributed by atoms with van der Waals surface area (Å²) in [6, 6.07) is 2.73. The van der Waals surface area contributed by atoms with Crippen molar-refractivity contribution < 1.29 is 8.78 Å². The molecule has 0 aliphatic heterocycles. The number of anilines is 1. The Hall–Kier alpha value is -0.640. The first kappa shape index (κ1) is 12.4. The molecule has 0 aromatic heterocycles. The first-order valence-corrected chi connectivity index (χ1v) is 6.05. The van der Waals surface area contributed by atoms with E-state index in [-0.39, 0.29) is 5.69 Å². The highest BCUT2D eigenvalue weighted by Gasteiger charge is 2.15. The van der Waals surface area contributed by atoms with Crippen molar-refractivity contribution >= 4 is 21.6 Å². The van der Waals surface area contributed by atoms with Crippen molar-refractivity contribution in [2.75, 3.05) is 18.0 Å². The van der Waals surface area contributed by atoms with Crippen LogP contribution in [0, 0.1) is 11.6 Å². The molecule has 0 amide bonds. The number of halogens is 3. The fourth-order valence-electron chi connectivity index (χ4n) is 1.54. The van der Waals surface area contributed by atoms with Crippen LogP contribution >= 0.6 is 15.9 Å². The molecule has 0 radical (unpaired) electrons. The van der Waals surface area contributed by atoms with E-state index < -0.39 is 11.6 Å². The second-order valence-electron chi connectivity index (χ2n) is 3.21. The fraction of sp³-hybridized carbons (Fsp3) is 0.455. The van der Waals surface area contributed by atoms with Gasteiger partial charge in [-0.1, -0.05) is 15.9 Å². The van der Waals surface area contributed by atoms with Gasteiger partial charge in [-0.25, -0.2) is 8.78 Å². The van der Waals surface area contributed by atoms with Crippen molar-refractivity contribution in [3.05, 3.63) is 29.3 Å². The lowest BCUT2D eigenvalue weighted by Crippen LogP contribution is -2.24. The summed E-state index contributed by atoms with van der Waals surface area (Å²) in [6.07, 6.45) is 0. The molecule has 15 heavy (non-hydrogen) atoms. The molecule has 0 bridgehead atoms. The molecule has 1 rings (SSSR count). The Kier molecular flexibility index (Phi) is 4.51. The zero-order chi connectivity index (χ0) is 11.4. The highest BCUT2D eigenvalue weighted by atomic mass is 79.9. The van der Waals surface area contributed by atoms with Crippen molar-refractivity contribution in [3.63, 3.8) is 0 Å². The molecule has 1 aromatic carbocycles. The van der Waals surface area contributed by atoms with Crippen LogP contribution in [0.2, 0.25) is 0 Å². The average molecular weight is 278 g/mol. The van der Waals surface area contributed by atoms with E-state index in [1.54, 1.807) is 4.90 Å². The zero-order valence-electron chi connectivity index (χ0n) is 8.86. The van der Waals surface area contributed by atoms with Gasteiger partial charge in [-0.3, -0.25) is 0 Å². The van der Waals surface area contributed by atoms with Crippen molar-refractivity contribution in [2.45, 2.75) is 19.2 Å². The van der Waals surface area contributed by atoms with E-state index in [2.05, 4.69) is 15.9 Å². The van der Waals surface area contributed by atoms with Gasteiger partial charge in [-0.2, -0.15) is 0 Å². The zero-order valence-corrected chi connectivity index (χ0v) is 10.4. The van der Waals surface area contributed by atoms with Gasteiger partial charge in [0.1, 0.15) is 17.3 Å². The first-order chi connectivity index (χ1) is 7.13. The molecule has 0 saturated carbocycles. The third kappa shape index (κ3) is 2.68. The first-order valence-electron chi connectivity index (χ1n) is 4.92. The van der Waals surface area contributed by atoms with Gasteiger partial charge in [0.2, 0.25) is 0 Å². The standard InChI is InChI=1S/C11H14BrF2N/c1-3-15(4-2)11-9(13)5-8(7-12)6-10(11)14/h5-6H,3-4,7H2,1-2H3. The van der Waals surface area contributed by atoms with Gasteiger partial charge in [-0.05, 0) is 31.5 Å². The smallest absolute Gasteiger partial charge is 0.149 e. The van der Waals surface area contributed by atoms with Gasteiger partial charge >= 0.3 is 0 Å². The predicted octanol–water partition coefficient (Wildman–Crippen LogP) is 3.71. The summed E-state index contributed by atoms with van der Waals surface area (Å²) in [5, 5.41) is 0.458. The summed E-state index contributed by atoms with van der Waals surface area (Å²) in [5.41, 5.74) is 0.686. The Morgan fingerprint density at radius 1 is 1.13 bits per heavy atom. The summed E-state index contributed by atoms with van der Waals surface area (Å²) in [4.78, 5) is 1.67. The number of alkyl halides is 1. The van der Waals surface area contributed by atoms with Gasteiger partial charge in [0.05, 0.1) is 0 Å². The van der Waals surface area contributed by atoms with Crippen LogP contribution in [0.1, 0.15) is 19.4 Å². The average Bonchev–Trinajstić information content (AvgIpc) is 2.23. The molecule has 0 saturated heterocycles. The molecule has 0 unspecified atom stereocenters. The summed E-state index contributed by atoms with van der Waals surface area (Å²) in [5.74, 6) is -0.985. The normalized spacial score (nSPS) is 10.5. The van der Waals surface area contributed by atoms with Gasteiger partial charge in [0.25, 0.3) is 0 Å². The Labute approximate surface area is 97.2 Å². The van der Waals surface area contributed by atoms with E-state index >= 15 is 0 Å². The monoisotopic (exact) mass is 277 g/mol. The third-order valence-corrected chi connectivity index (χ3v) is 2.96. The fourth-order valence-corrected chi connectivity index (χ4v) is 1.86. The van der Waals surface area contributed by atoms with Gasteiger partial charge in [-0.15, -0.1) is 0 Å².